The van der Waals surface area contributed by atoms with Gasteiger partial charge in [-0.05, 0) is 41.4 Å². The second-order valence-corrected chi connectivity index (χ2v) is 8.95. The summed E-state index contributed by atoms with van der Waals surface area (Å²) >= 11 is 13.5. The summed E-state index contributed by atoms with van der Waals surface area (Å²) in [6.45, 7) is 4.75. The minimum absolute atomic E-state index is 0.713. The summed E-state index contributed by atoms with van der Waals surface area (Å²) in [6, 6.07) is 15.8. The Morgan fingerprint density at radius 3 is 2.20 bits per heavy atom. The van der Waals surface area contributed by atoms with Crippen molar-refractivity contribution in [3.05, 3.63) is 70.5 Å². The van der Waals surface area contributed by atoms with Gasteiger partial charge in [0.05, 0.1) is 0 Å². The lowest BCUT2D eigenvalue weighted by Gasteiger charge is -2.35. The summed E-state index contributed by atoms with van der Waals surface area (Å²) < 4.78 is 5.71. The summed E-state index contributed by atoms with van der Waals surface area (Å²) in [5.74, 6) is 0.976. The minimum atomic E-state index is 0.713. The Hall–Kier alpha value is -2.25. The molecule has 0 atom stereocenters. The van der Waals surface area contributed by atoms with E-state index in [0.29, 0.717) is 5.02 Å². The second-order valence-electron chi connectivity index (χ2n) is 7.30. The summed E-state index contributed by atoms with van der Waals surface area (Å²) in [4.78, 5) is 13.9. The highest BCUT2D eigenvalue weighted by atomic mass is 35.5. The number of piperazine rings is 1. The van der Waals surface area contributed by atoms with Crippen molar-refractivity contribution in [1.82, 2.24) is 19.2 Å². The molecule has 0 N–H and O–H groups in total. The minimum Gasteiger partial charge on any atom is -0.353 e. The van der Waals surface area contributed by atoms with E-state index in [4.69, 9.17) is 23.2 Å². The zero-order chi connectivity index (χ0) is 20.5. The molecule has 0 spiro atoms. The lowest BCUT2D eigenvalue weighted by atomic mass is 10.1. The van der Waals surface area contributed by atoms with Gasteiger partial charge in [0.25, 0.3) is 0 Å². The molecule has 0 unspecified atom stereocenters. The topological polar surface area (TPSA) is 45.2 Å². The van der Waals surface area contributed by atoms with Crippen LogP contribution in [0.3, 0.4) is 0 Å². The number of fused-ring (bicyclic) bond motifs is 1. The van der Waals surface area contributed by atoms with Crippen LogP contribution in [0.15, 0.2) is 54.9 Å². The van der Waals surface area contributed by atoms with Gasteiger partial charge in [-0.25, -0.2) is 9.97 Å². The van der Waals surface area contributed by atoms with Crippen LogP contribution in [0.1, 0.15) is 5.56 Å². The van der Waals surface area contributed by atoms with Crippen molar-refractivity contribution in [3.8, 4) is 11.3 Å². The molecule has 0 radical (unpaired) electrons. The van der Waals surface area contributed by atoms with E-state index >= 15 is 0 Å². The Kier molecular flexibility index (Phi) is 5.56. The molecule has 5 nitrogen and oxygen atoms in total. The molecule has 152 valence electrons. The van der Waals surface area contributed by atoms with E-state index < -0.39 is 0 Å². The number of halogens is 2. The number of aromatic nitrogens is 3. The van der Waals surface area contributed by atoms with Crippen molar-refractivity contribution >= 4 is 50.8 Å². The van der Waals surface area contributed by atoms with Crippen LogP contribution in [0.5, 0.6) is 0 Å². The Balaban J connectivity index is 1.33. The van der Waals surface area contributed by atoms with Crippen molar-refractivity contribution in [2.45, 2.75) is 6.54 Å². The summed E-state index contributed by atoms with van der Waals surface area (Å²) in [7, 11) is 0. The number of benzene rings is 2. The van der Waals surface area contributed by atoms with Crippen LogP contribution in [0.2, 0.25) is 10.0 Å². The largest absolute Gasteiger partial charge is 0.353 e. The quantitative estimate of drug-likeness (QED) is 0.413. The SMILES string of the molecule is Clc1ccc(CN2CCN(c3ncnc4c(-c5ccc(Cl)cc5)nsc34)CC2)cc1. The first-order chi connectivity index (χ1) is 14.7. The molecule has 1 fully saturated rings. The van der Waals surface area contributed by atoms with Gasteiger partial charge < -0.3 is 4.90 Å². The average molecular weight is 456 g/mol. The van der Waals surface area contributed by atoms with Crippen LogP contribution in [-0.4, -0.2) is 45.4 Å². The molecule has 3 heterocycles. The molecule has 1 saturated heterocycles. The van der Waals surface area contributed by atoms with E-state index in [0.717, 1.165) is 65.0 Å². The first kappa shape index (κ1) is 19.7. The van der Waals surface area contributed by atoms with Crippen LogP contribution >= 0.6 is 34.7 Å². The van der Waals surface area contributed by atoms with Gasteiger partial charge in [0, 0.05) is 48.3 Å². The van der Waals surface area contributed by atoms with Gasteiger partial charge in [-0.2, -0.15) is 4.37 Å². The van der Waals surface area contributed by atoms with Crippen LogP contribution < -0.4 is 4.90 Å². The molecule has 2 aromatic heterocycles. The smallest absolute Gasteiger partial charge is 0.151 e. The van der Waals surface area contributed by atoms with Crippen molar-refractivity contribution in [2.75, 3.05) is 31.1 Å². The highest BCUT2D eigenvalue weighted by Crippen LogP contribution is 2.34. The number of hydrogen-bond acceptors (Lipinski definition) is 6. The molecule has 4 aromatic rings. The molecule has 30 heavy (non-hydrogen) atoms. The van der Waals surface area contributed by atoms with E-state index in [2.05, 4.69) is 36.3 Å². The Bertz CT molecular complexity index is 1150. The van der Waals surface area contributed by atoms with Gasteiger partial charge in [-0.1, -0.05) is 47.5 Å². The Labute approximate surface area is 189 Å². The molecule has 1 aliphatic heterocycles. The lowest BCUT2D eigenvalue weighted by Crippen LogP contribution is -2.46. The van der Waals surface area contributed by atoms with E-state index in [1.807, 2.05) is 36.4 Å². The maximum Gasteiger partial charge on any atom is 0.151 e. The standard InChI is InChI=1S/C22H19Cl2N5S/c23-17-5-1-15(2-6-17)13-28-9-11-29(12-10-28)22-21-20(25-14-26-22)19(27-30-21)16-3-7-18(24)8-4-16/h1-8,14H,9-13H2. The number of nitrogens with zero attached hydrogens (tertiary/aromatic N) is 5. The molecule has 0 amide bonds. The number of hydrogen-bond donors (Lipinski definition) is 0. The molecular formula is C22H19Cl2N5S. The van der Waals surface area contributed by atoms with Crippen molar-refractivity contribution in [1.29, 1.82) is 0 Å². The van der Waals surface area contributed by atoms with Gasteiger partial charge in [-0.3, -0.25) is 4.90 Å². The van der Waals surface area contributed by atoms with Crippen LogP contribution in [0.4, 0.5) is 5.82 Å². The third-order valence-corrected chi connectivity index (χ3v) is 6.68. The third-order valence-electron chi connectivity index (χ3n) is 5.35. The van der Waals surface area contributed by atoms with E-state index in [1.54, 1.807) is 6.33 Å². The first-order valence-electron chi connectivity index (χ1n) is 9.75. The Morgan fingerprint density at radius 1 is 0.833 bits per heavy atom. The molecule has 0 aliphatic carbocycles. The Morgan fingerprint density at radius 2 is 1.50 bits per heavy atom. The van der Waals surface area contributed by atoms with E-state index in [9.17, 15) is 0 Å². The summed E-state index contributed by atoms with van der Waals surface area (Å²) in [5.41, 5.74) is 4.09. The zero-order valence-electron chi connectivity index (χ0n) is 16.1. The van der Waals surface area contributed by atoms with Crippen LogP contribution in [-0.2, 0) is 6.54 Å². The zero-order valence-corrected chi connectivity index (χ0v) is 18.5. The fourth-order valence-corrected chi connectivity index (χ4v) is 4.87. The molecule has 8 heteroatoms. The monoisotopic (exact) mass is 455 g/mol. The van der Waals surface area contributed by atoms with Gasteiger partial charge in [-0.15, -0.1) is 0 Å². The van der Waals surface area contributed by atoms with Crippen LogP contribution in [0, 0.1) is 0 Å². The molecule has 0 bridgehead atoms. The molecule has 5 rings (SSSR count). The summed E-state index contributed by atoms with van der Waals surface area (Å²) in [5, 5.41) is 1.49. The number of anilines is 1. The molecule has 0 saturated carbocycles. The summed E-state index contributed by atoms with van der Waals surface area (Å²) in [6.07, 6.45) is 1.64. The highest BCUT2D eigenvalue weighted by Gasteiger charge is 2.22. The van der Waals surface area contributed by atoms with Gasteiger partial charge in [0.2, 0.25) is 0 Å². The fourth-order valence-electron chi connectivity index (χ4n) is 3.74. The van der Waals surface area contributed by atoms with E-state index in [1.165, 1.54) is 17.1 Å². The second kappa shape index (κ2) is 8.47. The van der Waals surface area contributed by atoms with Gasteiger partial charge in [0.15, 0.2) is 5.82 Å². The predicted molar refractivity (Wildman–Crippen MR) is 125 cm³/mol. The maximum atomic E-state index is 6.03. The number of rotatable bonds is 4. The first-order valence-corrected chi connectivity index (χ1v) is 11.3. The predicted octanol–water partition coefficient (Wildman–Crippen LogP) is 5.38. The molecule has 2 aromatic carbocycles. The van der Waals surface area contributed by atoms with Gasteiger partial charge >= 0.3 is 0 Å². The van der Waals surface area contributed by atoms with Crippen molar-refractivity contribution in [2.24, 2.45) is 0 Å². The molecule has 1 aliphatic rings. The highest BCUT2D eigenvalue weighted by molar-refractivity contribution is 7.14. The maximum absolute atomic E-state index is 6.03. The van der Waals surface area contributed by atoms with Gasteiger partial charge in [0.1, 0.15) is 22.2 Å². The fraction of sp³-hybridized carbons (Fsp3) is 0.227. The third kappa shape index (κ3) is 4.01. The lowest BCUT2D eigenvalue weighted by molar-refractivity contribution is 0.249. The van der Waals surface area contributed by atoms with Crippen LogP contribution in [0.25, 0.3) is 21.5 Å². The van der Waals surface area contributed by atoms with Crippen molar-refractivity contribution < 1.29 is 0 Å². The van der Waals surface area contributed by atoms with E-state index in [-0.39, 0.29) is 0 Å². The van der Waals surface area contributed by atoms with Crippen molar-refractivity contribution in [3.63, 3.8) is 0 Å². The molecular weight excluding hydrogens is 437 g/mol. The normalized spacial score (nSPS) is 15.1. The average Bonchev–Trinajstić information content (AvgIpc) is 3.21.